The fourth-order valence-corrected chi connectivity index (χ4v) is 5.96. The lowest BCUT2D eigenvalue weighted by atomic mass is 9.93. The van der Waals surface area contributed by atoms with E-state index in [4.69, 9.17) is 15.0 Å². The van der Waals surface area contributed by atoms with Crippen molar-refractivity contribution in [3.05, 3.63) is 156 Å². The van der Waals surface area contributed by atoms with Gasteiger partial charge in [0, 0.05) is 11.1 Å². The van der Waals surface area contributed by atoms with Gasteiger partial charge in [0.1, 0.15) is 11.7 Å². The predicted molar refractivity (Wildman–Crippen MR) is 162 cm³/mol. The molecular formula is C35H25N5. The van der Waals surface area contributed by atoms with Gasteiger partial charge in [0.15, 0.2) is 11.7 Å². The molecule has 0 N–H and O–H groups in total. The molecule has 40 heavy (non-hydrogen) atoms. The summed E-state index contributed by atoms with van der Waals surface area (Å²) in [6, 6.07) is 48.1. The Morgan fingerprint density at radius 3 is 1.88 bits per heavy atom. The van der Waals surface area contributed by atoms with Crippen molar-refractivity contribution in [2.24, 2.45) is 4.99 Å². The molecule has 190 valence electrons. The van der Waals surface area contributed by atoms with Crippen molar-refractivity contribution >= 4 is 39.1 Å². The molecule has 0 amide bonds. The van der Waals surface area contributed by atoms with Crippen LogP contribution in [0.1, 0.15) is 29.0 Å². The highest BCUT2D eigenvalue weighted by molar-refractivity contribution is 6.12. The van der Waals surface area contributed by atoms with E-state index >= 15 is 0 Å². The molecule has 0 spiro atoms. The standard InChI is InChI=1S/C35H25N5/c1-4-14-24(15-5-1)31-32(25-16-6-2-7-17-25)39(26-18-8-3-9-19-26)35(38-31)34-36-28-21-11-10-20-27(28)33-37-29-22-12-13-23-30(29)40(33)34/h1-23,31-32H. The lowest BCUT2D eigenvalue weighted by molar-refractivity contribution is 0.611. The molecule has 8 rings (SSSR count). The Labute approximate surface area is 231 Å². The number of rotatable bonds is 4. The second-order valence-electron chi connectivity index (χ2n) is 10.1. The highest BCUT2D eigenvalue weighted by atomic mass is 15.3. The molecule has 0 fully saturated rings. The smallest absolute Gasteiger partial charge is 0.183 e. The van der Waals surface area contributed by atoms with Crippen LogP contribution < -0.4 is 4.90 Å². The van der Waals surface area contributed by atoms with Crippen molar-refractivity contribution in [3.8, 4) is 0 Å². The zero-order valence-electron chi connectivity index (χ0n) is 21.7. The summed E-state index contributed by atoms with van der Waals surface area (Å²) in [6.45, 7) is 0. The Kier molecular flexibility index (Phi) is 5.20. The van der Waals surface area contributed by atoms with Gasteiger partial charge in [0.25, 0.3) is 0 Å². The first kappa shape index (κ1) is 22.7. The second-order valence-corrected chi connectivity index (χ2v) is 10.1. The van der Waals surface area contributed by atoms with Crippen LogP contribution in [0.5, 0.6) is 0 Å². The quantitative estimate of drug-likeness (QED) is 0.240. The number of fused-ring (bicyclic) bond motifs is 5. The summed E-state index contributed by atoms with van der Waals surface area (Å²) in [5.41, 5.74) is 7.17. The van der Waals surface area contributed by atoms with Gasteiger partial charge in [-0.25, -0.2) is 9.97 Å². The first-order chi connectivity index (χ1) is 19.9. The normalized spacial score (nSPS) is 17.1. The first-order valence-corrected chi connectivity index (χ1v) is 13.5. The van der Waals surface area contributed by atoms with Gasteiger partial charge in [-0.15, -0.1) is 0 Å². The van der Waals surface area contributed by atoms with Gasteiger partial charge in [-0.3, -0.25) is 9.39 Å². The minimum atomic E-state index is -0.128. The molecule has 3 heterocycles. The topological polar surface area (TPSA) is 45.8 Å². The highest BCUT2D eigenvalue weighted by Crippen LogP contribution is 2.45. The van der Waals surface area contributed by atoms with E-state index in [1.54, 1.807) is 0 Å². The van der Waals surface area contributed by atoms with Gasteiger partial charge >= 0.3 is 0 Å². The van der Waals surface area contributed by atoms with Crippen molar-refractivity contribution in [2.45, 2.75) is 12.1 Å². The van der Waals surface area contributed by atoms with Crippen LogP contribution in [-0.4, -0.2) is 20.2 Å². The van der Waals surface area contributed by atoms with Crippen LogP contribution >= 0.6 is 0 Å². The Bertz CT molecular complexity index is 2010. The summed E-state index contributed by atoms with van der Waals surface area (Å²) in [4.78, 5) is 18.2. The lowest BCUT2D eigenvalue weighted by Gasteiger charge is -2.31. The van der Waals surface area contributed by atoms with Gasteiger partial charge in [-0.05, 0) is 47.5 Å². The van der Waals surface area contributed by atoms with Gasteiger partial charge in [-0.1, -0.05) is 103 Å². The van der Waals surface area contributed by atoms with Crippen LogP contribution in [0.4, 0.5) is 5.69 Å². The molecule has 5 aromatic carbocycles. The molecule has 7 aromatic rings. The summed E-state index contributed by atoms with van der Waals surface area (Å²) in [5.74, 6) is 1.61. The molecule has 5 heteroatoms. The van der Waals surface area contributed by atoms with E-state index in [0.717, 1.165) is 44.9 Å². The third kappa shape index (κ3) is 3.52. The van der Waals surface area contributed by atoms with E-state index in [2.05, 4.69) is 131 Å². The number of nitrogens with zero attached hydrogens (tertiary/aromatic N) is 5. The monoisotopic (exact) mass is 515 g/mol. The molecule has 2 aromatic heterocycles. The maximum Gasteiger partial charge on any atom is 0.183 e. The van der Waals surface area contributed by atoms with Crippen LogP contribution in [-0.2, 0) is 0 Å². The SMILES string of the molecule is c1ccc(C2N=C(c3nc4ccccc4c4nc5ccccc5n34)N(c3ccccc3)C2c2ccccc2)cc1. The van der Waals surface area contributed by atoms with Crippen LogP contribution in [0.3, 0.4) is 0 Å². The minimum Gasteiger partial charge on any atom is -0.314 e. The maximum absolute atomic E-state index is 5.52. The van der Waals surface area contributed by atoms with E-state index < -0.39 is 0 Å². The predicted octanol–water partition coefficient (Wildman–Crippen LogP) is 7.79. The third-order valence-corrected chi connectivity index (χ3v) is 7.73. The van der Waals surface area contributed by atoms with Gasteiger partial charge in [0.2, 0.25) is 0 Å². The van der Waals surface area contributed by atoms with E-state index in [9.17, 15) is 0 Å². The fourth-order valence-electron chi connectivity index (χ4n) is 5.96. The average Bonchev–Trinajstić information content (AvgIpc) is 3.62. The highest BCUT2D eigenvalue weighted by Gasteiger charge is 2.41. The molecule has 2 atom stereocenters. The number of hydrogen-bond acceptors (Lipinski definition) is 4. The second kappa shape index (κ2) is 9.17. The maximum atomic E-state index is 5.52. The Morgan fingerprint density at radius 2 is 1.12 bits per heavy atom. The van der Waals surface area contributed by atoms with Gasteiger partial charge < -0.3 is 4.90 Å². The number of aliphatic imine (C=N–C) groups is 1. The molecule has 1 aliphatic rings. The third-order valence-electron chi connectivity index (χ3n) is 7.73. The first-order valence-electron chi connectivity index (χ1n) is 13.5. The summed E-state index contributed by atoms with van der Waals surface area (Å²) in [6.07, 6.45) is 0. The number of amidine groups is 1. The summed E-state index contributed by atoms with van der Waals surface area (Å²) >= 11 is 0. The van der Waals surface area contributed by atoms with E-state index in [-0.39, 0.29) is 12.1 Å². The Hall–Kier alpha value is -5.29. The average molecular weight is 516 g/mol. The molecule has 0 bridgehead atoms. The van der Waals surface area contributed by atoms with Crippen LogP contribution in [0.25, 0.3) is 27.6 Å². The molecule has 0 saturated heterocycles. The number of aromatic nitrogens is 3. The van der Waals surface area contributed by atoms with E-state index in [1.807, 2.05) is 18.2 Å². The molecule has 2 unspecified atom stereocenters. The Balaban J connectivity index is 1.47. The molecule has 0 radical (unpaired) electrons. The lowest BCUT2D eigenvalue weighted by Crippen LogP contribution is -2.34. The molecule has 5 nitrogen and oxygen atoms in total. The van der Waals surface area contributed by atoms with Gasteiger partial charge in [0.05, 0.1) is 22.6 Å². The molecule has 1 aliphatic heterocycles. The summed E-state index contributed by atoms with van der Waals surface area (Å²) in [5, 5.41) is 1.02. The van der Waals surface area contributed by atoms with E-state index in [0.29, 0.717) is 0 Å². The van der Waals surface area contributed by atoms with Crippen molar-refractivity contribution in [2.75, 3.05) is 4.90 Å². The zero-order chi connectivity index (χ0) is 26.5. The molecule has 0 saturated carbocycles. The van der Waals surface area contributed by atoms with Crippen molar-refractivity contribution < 1.29 is 0 Å². The number of para-hydroxylation sites is 4. The van der Waals surface area contributed by atoms with Crippen LogP contribution in [0.2, 0.25) is 0 Å². The summed E-state index contributed by atoms with van der Waals surface area (Å²) < 4.78 is 2.18. The fraction of sp³-hybridized carbons (Fsp3) is 0.0571. The van der Waals surface area contributed by atoms with E-state index in [1.165, 1.54) is 11.1 Å². The molecular weight excluding hydrogens is 490 g/mol. The van der Waals surface area contributed by atoms with Crippen molar-refractivity contribution in [1.29, 1.82) is 0 Å². The zero-order valence-corrected chi connectivity index (χ0v) is 21.7. The number of hydrogen-bond donors (Lipinski definition) is 0. The Morgan fingerprint density at radius 1 is 0.525 bits per heavy atom. The molecule has 0 aliphatic carbocycles. The van der Waals surface area contributed by atoms with Crippen LogP contribution in [0.15, 0.2) is 145 Å². The van der Waals surface area contributed by atoms with Crippen molar-refractivity contribution in [1.82, 2.24) is 14.4 Å². The summed E-state index contributed by atoms with van der Waals surface area (Å²) in [7, 11) is 0. The number of imidazole rings is 1. The van der Waals surface area contributed by atoms with Gasteiger partial charge in [-0.2, -0.15) is 0 Å². The minimum absolute atomic E-state index is 0.0564. The van der Waals surface area contributed by atoms with Crippen LogP contribution in [0, 0.1) is 0 Å². The number of anilines is 1. The van der Waals surface area contributed by atoms with Crippen molar-refractivity contribution in [3.63, 3.8) is 0 Å². The number of benzene rings is 5. The largest absolute Gasteiger partial charge is 0.314 e.